The minimum absolute atomic E-state index is 0.0569. The molecule has 0 fully saturated rings. The zero-order valence-corrected chi connectivity index (χ0v) is 39.3. The van der Waals surface area contributed by atoms with E-state index in [1.54, 1.807) is 0 Å². The highest BCUT2D eigenvalue weighted by Crippen LogP contribution is 2.18. The van der Waals surface area contributed by atoms with Gasteiger partial charge in [0, 0.05) is 6.42 Å². The maximum atomic E-state index is 13.1. The van der Waals surface area contributed by atoms with Crippen LogP contribution in [-0.2, 0) is 14.3 Å². The summed E-state index contributed by atoms with van der Waals surface area (Å²) in [7, 11) is 0. The van der Waals surface area contributed by atoms with Gasteiger partial charge in [-0.15, -0.1) is 0 Å². The average Bonchev–Trinajstić information content (AvgIpc) is 3.24. The molecule has 0 aromatic heterocycles. The van der Waals surface area contributed by atoms with Crippen LogP contribution >= 0.6 is 0 Å². The van der Waals surface area contributed by atoms with Gasteiger partial charge in [-0.3, -0.25) is 9.59 Å². The van der Waals surface area contributed by atoms with Crippen molar-refractivity contribution in [3.63, 3.8) is 0 Å². The van der Waals surface area contributed by atoms with Gasteiger partial charge in [0.1, 0.15) is 6.10 Å². The number of carbonyl (C=O) groups excluding carboxylic acids is 2. The second-order valence-electron chi connectivity index (χ2n) is 17.0. The molecular formula is C54H95NO5. The Hall–Kier alpha value is -2.70. The summed E-state index contributed by atoms with van der Waals surface area (Å²) in [5.41, 5.74) is 0. The summed E-state index contributed by atoms with van der Waals surface area (Å²) in [6.07, 6.45) is 59.7. The fourth-order valence-corrected chi connectivity index (χ4v) is 7.40. The molecule has 0 aromatic carbocycles. The number of ether oxygens (including phenoxy) is 1. The van der Waals surface area contributed by atoms with Crippen molar-refractivity contribution in [2.45, 2.75) is 251 Å². The highest BCUT2D eigenvalue weighted by atomic mass is 16.5. The van der Waals surface area contributed by atoms with Crippen molar-refractivity contribution in [2.75, 3.05) is 6.61 Å². The van der Waals surface area contributed by atoms with Crippen LogP contribution in [0.15, 0.2) is 72.9 Å². The maximum absolute atomic E-state index is 13.1. The molecule has 0 rings (SSSR count). The number of unbranched alkanes of at least 4 members (excludes halogenated alkanes) is 25. The first-order chi connectivity index (χ1) is 29.5. The Morgan fingerprint density at radius 2 is 0.900 bits per heavy atom. The van der Waals surface area contributed by atoms with E-state index in [1.807, 2.05) is 54.7 Å². The Kier molecular flexibility index (Phi) is 45.2. The summed E-state index contributed by atoms with van der Waals surface area (Å²) in [4.78, 5) is 26.0. The minimum atomic E-state index is -0.796. The lowest BCUT2D eigenvalue weighted by Crippen LogP contribution is -2.46. The molecule has 6 heteroatoms. The van der Waals surface area contributed by atoms with Gasteiger partial charge in [0.2, 0.25) is 5.91 Å². The van der Waals surface area contributed by atoms with Gasteiger partial charge in [-0.1, -0.05) is 248 Å². The largest absolute Gasteiger partial charge is 0.462 e. The van der Waals surface area contributed by atoms with Gasteiger partial charge >= 0.3 is 5.97 Å². The molecule has 0 aliphatic rings. The number of carbonyl (C=O) groups is 2. The predicted octanol–water partition coefficient (Wildman–Crippen LogP) is 15.0. The molecule has 0 aliphatic carbocycles. The van der Waals surface area contributed by atoms with Crippen molar-refractivity contribution in [1.82, 2.24) is 5.32 Å². The zero-order valence-electron chi connectivity index (χ0n) is 39.3. The number of aliphatic hydroxyl groups excluding tert-OH is 2. The van der Waals surface area contributed by atoms with Gasteiger partial charge in [0.15, 0.2) is 0 Å². The van der Waals surface area contributed by atoms with Crippen molar-refractivity contribution in [1.29, 1.82) is 0 Å². The lowest BCUT2D eigenvalue weighted by Gasteiger charge is -2.24. The second kappa shape index (κ2) is 47.4. The number of aliphatic hydroxyl groups is 2. The topological polar surface area (TPSA) is 95.9 Å². The van der Waals surface area contributed by atoms with Gasteiger partial charge in [-0.05, 0) is 44.9 Å². The van der Waals surface area contributed by atoms with Crippen molar-refractivity contribution in [2.24, 2.45) is 0 Å². The Morgan fingerprint density at radius 3 is 1.35 bits per heavy atom. The van der Waals surface area contributed by atoms with Gasteiger partial charge < -0.3 is 20.3 Å². The number of hydrogen-bond donors (Lipinski definition) is 3. The summed E-state index contributed by atoms with van der Waals surface area (Å²) in [6, 6.07) is -0.711. The smallest absolute Gasteiger partial charge is 0.306 e. The molecular weight excluding hydrogens is 743 g/mol. The molecule has 0 radical (unpaired) electrons. The van der Waals surface area contributed by atoms with Crippen LogP contribution in [0.4, 0.5) is 0 Å². The number of hydrogen-bond acceptors (Lipinski definition) is 5. The van der Waals surface area contributed by atoms with Crippen LogP contribution in [0, 0.1) is 0 Å². The van der Waals surface area contributed by atoms with E-state index >= 15 is 0 Å². The number of allylic oxidation sites excluding steroid dienone is 12. The molecule has 60 heavy (non-hydrogen) atoms. The standard InChI is InChI=1S/C54H95NO5/c1-4-7-10-13-16-18-20-22-24-26-28-30-32-34-37-40-43-46-52(57)51(49-56)55-53(58)48-50(45-42-39-36-15-12-9-6-3)60-54(59)47-44-41-38-35-33-31-29-27-25-23-21-19-17-14-11-8-5-2/h8,11,14,17,19,21,23,25,27,29,31,33,50-52,56-57H,4-7,9-10,12-13,15-16,18,20,22,24,26,28,30,32,34-49H2,1-3H3,(H,55,58)/b11-8-,17-14+,21-19+,25-23-,29-27+,33-31+. The van der Waals surface area contributed by atoms with Crippen molar-refractivity contribution < 1.29 is 24.5 Å². The average molecular weight is 838 g/mol. The summed E-state index contributed by atoms with van der Waals surface area (Å²) in [6.45, 7) is 6.30. The van der Waals surface area contributed by atoms with E-state index in [-0.39, 0.29) is 24.9 Å². The first-order valence-electron chi connectivity index (χ1n) is 25.2. The van der Waals surface area contributed by atoms with Gasteiger partial charge in [-0.2, -0.15) is 0 Å². The predicted molar refractivity (Wildman–Crippen MR) is 259 cm³/mol. The van der Waals surface area contributed by atoms with Crippen LogP contribution in [0.3, 0.4) is 0 Å². The number of amides is 1. The third-order valence-electron chi connectivity index (χ3n) is 11.2. The Labute approximate surface area is 371 Å². The molecule has 0 saturated heterocycles. The number of nitrogens with one attached hydrogen (secondary N) is 1. The molecule has 346 valence electrons. The first kappa shape index (κ1) is 57.3. The van der Waals surface area contributed by atoms with Crippen LogP contribution in [0.5, 0.6) is 0 Å². The summed E-state index contributed by atoms with van der Waals surface area (Å²) < 4.78 is 5.87. The molecule has 0 bridgehead atoms. The maximum Gasteiger partial charge on any atom is 0.306 e. The first-order valence-corrected chi connectivity index (χ1v) is 25.2. The fourth-order valence-electron chi connectivity index (χ4n) is 7.40. The summed E-state index contributed by atoms with van der Waals surface area (Å²) in [5, 5.41) is 23.7. The number of esters is 1. The summed E-state index contributed by atoms with van der Waals surface area (Å²) in [5.74, 6) is -0.530. The summed E-state index contributed by atoms with van der Waals surface area (Å²) >= 11 is 0. The molecule has 0 saturated carbocycles. The van der Waals surface area contributed by atoms with E-state index in [1.165, 1.54) is 116 Å². The molecule has 0 aromatic rings. The van der Waals surface area contributed by atoms with E-state index in [4.69, 9.17) is 4.74 Å². The lowest BCUT2D eigenvalue weighted by molar-refractivity contribution is -0.151. The van der Waals surface area contributed by atoms with E-state index < -0.39 is 18.2 Å². The normalized spacial score (nSPS) is 13.9. The van der Waals surface area contributed by atoms with E-state index in [9.17, 15) is 19.8 Å². The number of rotatable bonds is 44. The zero-order chi connectivity index (χ0) is 43.8. The van der Waals surface area contributed by atoms with Gasteiger partial charge in [0.05, 0.1) is 25.2 Å². The SMILES string of the molecule is CC\C=C/C=C/C=C/C=C\C=C\C=C\CCCCCC(=O)OC(CCCCCCCCC)CC(=O)NC(CO)C(O)CCCCCCCCCCCCCCCCCCC. The Bertz CT molecular complexity index is 1120. The molecule has 3 atom stereocenters. The van der Waals surface area contributed by atoms with Crippen LogP contribution in [0.25, 0.3) is 0 Å². The second-order valence-corrected chi connectivity index (χ2v) is 17.0. The minimum Gasteiger partial charge on any atom is -0.462 e. The molecule has 1 amide bonds. The van der Waals surface area contributed by atoms with Gasteiger partial charge in [-0.25, -0.2) is 0 Å². The highest BCUT2D eigenvalue weighted by molar-refractivity contribution is 5.77. The van der Waals surface area contributed by atoms with Gasteiger partial charge in [0.25, 0.3) is 0 Å². The molecule has 0 aliphatic heterocycles. The highest BCUT2D eigenvalue weighted by Gasteiger charge is 2.24. The quantitative estimate of drug-likeness (QED) is 0.0323. The van der Waals surface area contributed by atoms with Crippen LogP contribution in [0.2, 0.25) is 0 Å². The van der Waals surface area contributed by atoms with Crippen LogP contribution in [-0.4, -0.2) is 46.9 Å². The van der Waals surface area contributed by atoms with Crippen LogP contribution in [0.1, 0.15) is 233 Å². The van der Waals surface area contributed by atoms with Crippen molar-refractivity contribution in [3.8, 4) is 0 Å². The molecule has 3 N–H and O–H groups in total. The lowest BCUT2D eigenvalue weighted by atomic mass is 10.0. The Morgan fingerprint density at radius 1 is 0.500 bits per heavy atom. The van der Waals surface area contributed by atoms with E-state index in [0.717, 1.165) is 70.6 Å². The molecule has 0 spiro atoms. The van der Waals surface area contributed by atoms with Crippen LogP contribution < -0.4 is 5.32 Å². The molecule has 3 unspecified atom stereocenters. The third-order valence-corrected chi connectivity index (χ3v) is 11.2. The monoisotopic (exact) mass is 838 g/mol. The Balaban J connectivity index is 4.44. The van der Waals surface area contributed by atoms with E-state index in [2.05, 4.69) is 44.3 Å². The fraction of sp³-hybridized carbons (Fsp3) is 0.741. The molecule has 6 nitrogen and oxygen atoms in total. The van der Waals surface area contributed by atoms with E-state index in [0.29, 0.717) is 19.3 Å². The van der Waals surface area contributed by atoms with Crippen molar-refractivity contribution >= 4 is 11.9 Å². The van der Waals surface area contributed by atoms with Crippen molar-refractivity contribution in [3.05, 3.63) is 72.9 Å². The third kappa shape index (κ3) is 42.0. The molecule has 0 heterocycles.